The van der Waals surface area contributed by atoms with E-state index < -0.39 is 6.04 Å². The van der Waals surface area contributed by atoms with Gasteiger partial charge in [0, 0.05) is 18.0 Å². The summed E-state index contributed by atoms with van der Waals surface area (Å²) in [6.07, 6.45) is 0.554. The summed E-state index contributed by atoms with van der Waals surface area (Å²) in [4.78, 5) is 24.1. The molecule has 0 bridgehead atoms. The average Bonchev–Trinajstić information content (AvgIpc) is 2.62. The van der Waals surface area contributed by atoms with Crippen molar-refractivity contribution in [2.24, 2.45) is 5.73 Å². The molecule has 2 amide bonds. The molecule has 1 atom stereocenters. The monoisotopic (exact) mass is 411 g/mol. The summed E-state index contributed by atoms with van der Waals surface area (Å²) in [5, 5.41) is 5.88. The number of anilines is 1. The fraction of sp³-hybridized carbons (Fsp3) is 0.263. The number of rotatable bonds is 8. The Morgan fingerprint density at radius 1 is 1.19 bits per heavy atom. The zero-order valence-electron chi connectivity index (χ0n) is 14.9. The van der Waals surface area contributed by atoms with Crippen molar-refractivity contribution >= 4 is 41.5 Å². The van der Waals surface area contributed by atoms with Crippen LogP contribution in [0.3, 0.4) is 0 Å². The topological polar surface area (TPSA) is 93.5 Å². The largest absolute Gasteiger partial charge is 0.495 e. The van der Waals surface area contributed by atoms with Crippen molar-refractivity contribution < 1.29 is 14.3 Å². The molecule has 27 heavy (non-hydrogen) atoms. The van der Waals surface area contributed by atoms with Gasteiger partial charge in [-0.25, -0.2) is 0 Å². The Labute approximate surface area is 169 Å². The van der Waals surface area contributed by atoms with E-state index in [-0.39, 0.29) is 37.2 Å². The van der Waals surface area contributed by atoms with E-state index in [0.29, 0.717) is 22.9 Å². The van der Waals surface area contributed by atoms with E-state index in [1.807, 2.05) is 30.3 Å². The standard InChI is InChI=1S/C19H22ClN3O3.ClH/c1-26-17-8-7-14(20)12-16(17)23-18(24)9-10-22-19(25)15(21)11-13-5-3-2-4-6-13;/h2-8,12,15H,9-11,21H2,1H3,(H,22,25)(H,23,24);1H/t15-;/m0./s1. The van der Waals surface area contributed by atoms with Crippen molar-refractivity contribution in [1.29, 1.82) is 0 Å². The lowest BCUT2D eigenvalue weighted by atomic mass is 10.1. The van der Waals surface area contributed by atoms with Crippen LogP contribution in [0.5, 0.6) is 5.75 Å². The van der Waals surface area contributed by atoms with Crippen LogP contribution in [0.4, 0.5) is 5.69 Å². The van der Waals surface area contributed by atoms with Crippen molar-refractivity contribution in [3.8, 4) is 5.75 Å². The number of carbonyl (C=O) groups is 2. The second kappa shape index (κ2) is 11.4. The minimum Gasteiger partial charge on any atom is -0.495 e. The van der Waals surface area contributed by atoms with Gasteiger partial charge >= 0.3 is 0 Å². The molecule has 0 radical (unpaired) electrons. The molecule has 6 nitrogen and oxygen atoms in total. The molecule has 0 aromatic heterocycles. The number of hydrogen-bond donors (Lipinski definition) is 3. The lowest BCUT2D eigenvalue weighted by Crippen LogP contribution is -2.42. The fourth-order valence-electron chi connectivity index (χ4n) is 2.38. The van der Waals surface area contributed by atoms with E-state index in [9.17, 15) is 9.59 Å². The van der Waals surface area contributed by atoms with Gasteiger partial charge in [-0.15, -0.1) is 12.4 Å². The molecule has 2 aromatic carbocycles. The molecule has 2 aromatic rings. The minimum absolute atomic E-state index is 0. The van der Waals surface area contributed by atoms with Gasteiger partial charge in [-0.1, -0.05) is 41.9 Å². The SMILES string of the molecule is COc1ccc(Cl)cc1NC(=O)CCNC(=O)[C@@H](N)Cc1ccccc1.Cl. The lowest BCUT2D eigenvalue weighted by molar-refractivity contribution is -0.122. The molecule has 4 N–H and O–H groups in total. The number of ether oxygens (including phenoxy) is 1. The Kier molecular flexibility index (Phi) is 9.64. The highest BCUT2D eigenvalue weighted by Crippen LogP contribution is 2.27. The number of halogens is 2. The summed E-state index contributed by atoms with van der Waals surface area (Å²) in [6.45, 7) is 0.191. The van der Waals surface area contributed by atoms with Crippen LogP contribution in [0.2, 0.25) is 5.02 Å². The summed E-state index contributed by atoms with van der Waals surface area (Å²) in [6, 6.07) is 13.8. The molecule has 0 aliphatic rings. The Bertz CT molecular complexity index is 757. The molecule has 146 valence electrons. The van der Waals surface area contributed by atoms with E-state index in [1.54, 1.807) is 18.2 Å². The highest BCUT2D eigenvalue weighted by Gasteiger charge is 2.14. The normalized spacial score (nSPS) is 11.1. The van der Waals surface area contributed by atoms with Gasteiger partial charge in [-0.05, 0) is 30.2 Å². The zero-order chi connectivity index (χ0) is 18.9. The molecule has 0 saturated carbocycles. The second-order valence-corrected chi connectivity index (χ2v) is 6.17. The van der Waals surface area contributed by atoms with Crippen LogP contribution in [0, 0.1) is 0 Å². The van der Waals surface area contributed by atoms with E-state index >= 15 is 0 Å². The van der Waals surface area contributed by atoms with Gasteiger partial charge in [0.25, 0.3) is 0 Å². The average molecular weight is 412 g/mol. The molecule has 0 heterocycles. The van der Waals surface area contributed by atoms with Gasteiger partial charge < -0.3 is 21.1 Å². The summed E-state index contributed by atoms with van der Waals surface area (Å²) >= 11 is 5.93. The number of amides is 2. The zero-order valence-corrected chi connectivity index (χ0v) is 16.5. The van der Waals surface area contributed by atoms with Crippen LogP contribution in [-0.4, -0.2) is 31.5 Å². The molecule has 2 rings (SSSR count). The van der Waals surface area contributed by atoms with Crippen LogP contribution in [0.25, 0.3) is 0 Å². The van der Waals surface area contributed by atoms with Crippen molar-refractivity contribution in [2.45, 2.75) is 18.9 Å². The molecule has 0 fully saturated rings. The predicted molar refractivity (Wildman–Crippen MR) is 110 cm³/mol. The summed E-state index contributed by atoms with van der Waals surface area (Å²) in [7, 11) is 1.51. The van der Waals surface area contributed by atoms with Gasteiger partial charge in [0.1, 0.15) is 5.75 Å². The number of nitrogens with one attached hydrogen (secondary N) is 2. The van der Waals surface area contributed by atoms with Crippen LogP contribution >= 0.6 is 24.0 Å². The maximum Gasteiger partial charge on any atom is 0.237 e. The molecule has 0 saturated heterocycles. The van der Waals surface area contributed by atoms with Crippen molar-refractivity contribution in [3.05, 3.63) is 59.1 Å². The minimum atomic E-state index is -0.659. The van der Waals surface area contributed by atoms with E-state index in [4.69, 9.17) is 22.1 Å². The van der Waals surface area contributed by atoms with E-state index in [2.05, 4.69) is 10.6 Å². The molecule has 0 unspecified atom stereocenters. The van der Waals surface area contributed by atoms with Crippen molar-refractivity contribution in [1.82, 2.24) is 5.32 Å². The Morgan fingerprint density at radius 2 is 1.89 bits per heavy atom. The van der Waals surface area contributed by atoms with Gasteiger partial charge in [0.2, 0.25) is 11.8 Å². The van der Waals surface area contributed by atoms with Crippen LogP contribution in [0.15, 0.2) is 48.5 Å². The number of hydrogen-bond acceptors (Lipinski definition) is 4. The first-order valence-electron chi connectivity index (χ1n) is 8.20. The van der Waals surface area contributed by atoms with E-state index in [1.165, 1.54) is 7.11 Å². The van der Waals surface area contributed by atoms with Gasteiger partial charge in [0.15, 0.2) is 0 Å². The van der Waals surface area contributed by atoms with Gasteiger partial charge in [-0.3, -0.25) is 9.59 Å². The number of carbonyl (C=O) groups excluding carboxylic acids is 2. The van der Waals surface area contributed by atoms with Crippen molar-refractivity contribution in [3.63, 3.8) is 0 Å². The summed E-state index contributed by atoms with van der Waals surface area (Å²) in [5.41, 5.74) is 7.37. The first-order valence-corrected chi connectivity index (χ1v) is 8.58. The van der Waals surface area contributed by atoms with Crippen LogP contribution in [0.1, 0.15) is 12.0 Å². The van der Waals surface area contributed by atoms with Gasteiger partial charge in [-0.2, -0.15) is 0 Å². The Morgan fingerprint density at radius 3 is 2.56 bits per heavy atom. The molecule has 0 spiro atoms. The second-order valence-electron chi connectivity index (χ2n) is 5.73. The van der Waals surface area contributed by atoms with Crippen molar-refractivity contribution in [2.75, 3.05) is 19.0 Å². The maximum absolute atomic E-state index is 12.0. The molecule has 0 aliphatic heterocycles. The first-order chi connectivity index (χ1) is 12.5. The quantitative estimate of drug-likeness (QED) is 0.622. The molecular formula is C19H23Cl2N3O3. The third-order valence-corrected chi connectivity index (χ3v) is 3.96. The third kappa shape index (κ3) is 7.46. The summed E-state index contributed by atoms with van der Waals surface area (Å²) < 4.78 is 5.17. The number of methoxy groups -OCH3 is 1. The number of nitrogens with two attached hydrogens (primary N) is 1. The highest BCUT2D eigenvalue weighted by molar-refractivity contribution is 6.31. The molecule has 8 heteroatoms. The highest BCUT2D eigenvalue weighted by atomic mass is 35.5. The smallest absolute Gasteiger partial charge is 0.237 e. The maximum atomic E-state index is 12.0. The van der Waals surface area contributed by atoms with E-state index in [0.717, 1.165) is 5.56 Å². The fourth-order valence-corrected chi connectivity index (χ4v) is 2.55. The molecular weight excluding hydrogens is 389 g/mol. The predicted octanol–water partition coefficient (Wildman–Crippen LogP) is 2.79. The molecule has 0 aliphatic carbocycles. The lowest BCUT2D eigenvalue weighted by Gasteiger charge is -2.13. The summed E-state index contributed by atoms with van der Waals surface area (Å²) in [5.74, 6) is -0.0406. The third-order valence-electron chi connectivity index (χ3n) is 3.72. The Balaban J connectivity index is 0.00000364. The number of benzene rings is 2. The van der Waals surface area contributed by atoms with Gasteiger partial charge in [0.05, 0.1) is 18.8 Å². The Hall–Kier alpha value is -2.28. The van der Waals surface area contributed by atoms with Crippen LogP contribution in [-0.2, 0) is 16.0 Å². The first kappa shape index (κ1) is 22.8. The van der Waals surface area contributed by atoms with Crippen LogP contribution < -0.4 is 21.1 Å².